The summed E-state index contributed by atoms with van der Waals surface area (Å²) in [5.41, 5.74) is 4.38. The van der Waals surface area contributed by atoms with E-state index in [2.05, 4.69) is 19.9 Å². The largest absolute Gasteiger partial charge is 0.348 e. The number of nitrogens with zero attached hydrogens (tertiary/aromatic N) is 3. The first-order valence-electron chi connectivity index (χ1n) is 7.49. The van der Waals surface area contributed by atoms with E-state index in [4.69, 9.17) is 0 Å². The normalized spacial score (nSPS) is 11.1. The van der Waals surface area contributed by atoms with E-state index in [1.807, 2.05) is 38.2 Å². The van der Waals surface area contributed by atoms with Crippen LogP contribution in [0.5, 0.6) is 0 Å². The number of aryl methyl sites for hydroxylation is 1. The quantitative estimate of drug-likeness (QED) is 0.784. The van der Waals surface area contributed by atoms with Crippen LogP contribution in [0.3, 0.4) is 0 Å². The summed E-state index contributed by atoms with van der Waals surface area (Å²) in [6.07, 6.45) is 5.05. The third-order valence-electron chi connectivity index (χ3n) is 3.81. The third kappa shape index (κ3) is 3.63. The van der Waals surface area contributed by atoms with Crippen molar-refractivity contribution in [2.24, 2.45) is 0 Å². The Labute approximate surface area is 135 Å². The van der Waals surface area contributed by atoms with Gasteiger partial charge in [-0.05, 0) is 31.7 Å². The molecule has 0 fully saturated rings. The van der Waals surface area contributed by atoms with E-state index in [9.17, 15) is 4.39 Å². The number of halogens is 1. The Bertz CT molecular complexity index is 783. The highest BCUT2D eigenvalue weighted by Crippen LogP contribution is 2.23. The fourth-order valence-electron chi connectivity index (χ4n) is 2.58. The molecule has 23 heavy (non-hydrogen) atoms. The summed E-state index contributed by atoms with van der Waals surface area (Å²) in [5.74, 6) is -0.222. The lowest BCUT2D eigenvalue weighted by Gasteiger charge is -2.16. The van der Waals surface area contributed by atoms with Crippen LogP contribution in [0.4, 0.5) is 4.39 Å². The molecule has 0 spiro atoms. The Morgan fingerprint density at radius 3 is 2.74 bits per heavy atom. The Hall–Kier alpha value is -2.53. The molecule has 0 saturated carbocycles. The molecule has 1 aromatic carbocycles. The van der Waals surface area contributed by atoms with Crippen LogP contribution in [-0.4, -0.2) is 26.9 Å². The highest BCUT2D eigenvalue weighted by Gasteiger charge is 2.09. The molecule has 3 rings (SSSR count). The van der Waals surface area contributed by atoms with Gasteiger partial charge < -0.3 is 4.98 Å². The molecule has 0 unspecified atom stereocenters. The zero-order valence-corrected chi connectivity index (χ0v) is 13.3. The highest BCUT2D eigenvalue weighted by atomic mass is 19.1. The molecule has 0 saturated heterocycles. The minimum atomic E-state index is -0.222. The molecule has 0 bridgehead atoms. The topological polar surface area (TPSA) is 44.8 Å². The van der Waals surface area contributed by atoms with Gasteiger partial charge >= 0.3 is 0 Å². The number of aromatic nitrogens is 3. The average molecular weight is 310 g/mol. The molecule has 2 aromatic heterocycles. The molecule has 0 amide bonds. The minimum absolute atomic E-state index is 0.222. The highest BCUT2D eigenvalue weighted by molar-refractivity contribution is 5.63. The lowest BCUT2D eigenvalue weighted by Crippen LogP contribution is -2.18. The van der Waals surface area contributed by atoms with Gasteiger partial charge in [0, 0.05) is 42.3 Å². The van der Waals surface area contributed by atoms with Gasteiger partial charge in [0.2, 0.25) is 0 Å². The second kappa shape index (κ2) is 6.71. The zero-order chi connectivity index (χ0) is 16.2. The number of hydrogen-bond acceptors (Lipinski definition) is 3. The molecule has 0 aliphatic carbocycles. The molecule has 118 valence electrons. The van der Waals surface area contributed by atoms with Crippen molar-refractivity contribution < 1.29 is 4.39 Å². The van der Waals surface area contributed by atoms with Crippen molar-refractivity contribution >= 4 is 0 Å². The average Bonchev–Trinajstić information content (AvgIpc) is 2.93. The molecule has 0 aliphatic rings. The van der Waals surface area contributed by atoms with Crippen LogP contribution >= 0.6 is 0 Å². The summed E-state index contributed by atoms with van der Waals surface area (Å²) in [4.78, 5) is 13.5. The maximum Gasteiger partial charge on any atom is 0.131 e. The van der Waals surface area contributed by atoms with Crippen LogP contribution in [-0.2, 0) is 13.1 Å². The van der Waals surface area contributed by atoms with E-state index in [0.717, 1.165) is 29.1 Å². The summed E-state index contributed by atoms with van der Waals surface area (Å²) >= 11 is 0. The summed E-state index contributed by atoms with van der Waals surface area (Å²) < 4.78 is 14.4. The zero-order valence-electron chi connectivity index (χ0n) is 13.3. The van der Waals surface area contributed by atoms with Crippen LogP contribution in [0.25, 0.3) is 11.1 Å². The molecule has 0 aliphatic heterocycles. The maximum atomic E-state index is 14.4. The minimum Gasteiger partial charge on any atom is -0.348 e. The predicted octanol–water partition coefficient (Wildman–Crippen LogP) is 3.55. The van der Waals surface area contributed by atoms with Crippen molar-refractivity contribution in [1.82, 2.24) is 19.9 Å². The number of pyridine rings is 1. The number of rotatable bonds is 5. The Kier molecular flexibility index (Phi) is 4.48. The van der Waals surface area contributed by atoms with Crippen molar-refractivity contribution in [3.05, 3.63) is 71.8 Å². The first-order valence-corrected chi connectivity index (χ1v) is 7.49. The van der Waals surface area contributed by atoms with Gasteiger partial charge in [-0.1, -0.05) is 18.2 Å². The Balaban J connectivity index is 1.72. The standard InChI is InChI=1S/C18H19FN4/c1-13-18(22-12-21-13)11-23(2)10-14-5-6-16(17(19)8-14)15-4-3-7-20-9-15/h3-9,12H,10-11H2,1-2H3,(H,21,22). The fourth-order valence-corrected chi connectivity index (χ4v) is 2.58. The number of benzene rings is 1. The van der Waals surface area contributed by atoms with Gasteiger partial charge in [-0.15, -0.1) is 0 Å². The number of hydrogen-bond donors (Lipinski definition) is 1. The smallest absolute Gasteiger partial charge is 0.131 e. The third-order valence-corrected chi connectivity index (χ3v) is 3.81. The monoisotopic (exact) mass is 310 g/mol. The van der Waals surface area contributed by atoms with Crippen LogP contribution in [0.15, 0.2) is 49.1 Å². The van der Waals surface area contributed by atoms with E-state index in [-0.39, 0.29) is 5.82 Å². The molecule has 0 atom stereocenters. The summed E-state index contributed by atoms with van der Waals surface area (Å²) in [6.45, 7) is 3.39. The van der Waals surface area contributed by atoms with Crippen molar-refractivity contribution in [3.8, 4) is 11.1 Å². The molecule has 2 heterocycles. The lowest BCUT2D eigenvalue weighted by atomic mass is 10.0. The molecule has 0 radical (unpaired) electrons. The number of nitrogens with one attached hydrogen (secondary N) is 1. The second-order valence-corrected chi connectivity index (χ2v) is 5.70. The van der Waals surface area contributed by atoms with Gasteiger partial charge in [-0.2, -0.15) is 0 Å². The first-order chi connectivity index (χ1) is 11.1. The van der Waals surface area contributed by atoms with E-state index in [1.165, 1.54) is 0 Å². The predicted molar refractivity (Wildman–Crippen MR) is 88.1 cm³/mol. The van der Waals surface area contributed by atoms with Crippen LogP contribution < -0.4 is 0 Å². The van der Waals surface area contributed by atoms with Crippen molar-refractivity contribution in [1.29, 1.82) is 0 Å². The van der Waals surface area contributed by atoms with Crippen LogP contribution in [0.1, 0.15) is 17.0 Å². The van der Waals surface area contributed by atoms with Crippen molar-refractivity contribution in [3.63, 3.8) is 0 Å². The van der Waals surface area contributed by atoms with Crippen LogP contribution in [0, 0.1) is 12.7 Å². The molecule has 3 aromatic rings. The first kappa shape index (κ1) is 15.4. The molecular formula is C18H19FN4. The van der Waals surface area contributed by atoms with E-state index in [1.54, 1.807) is 24.8 Å². The van der Waals surface area contributed by atoms with Gasteiger partial charge in [0.15, 0.2) is 0 Å². The number of imidazole rings is 1. The van der Waals surface area contributed by atoms with Gasteiger partial charge in [0.1, 0.15) is 5.82 Å². The summed E-state index contributed by atoms with van der Waals surface area (Å²) in [5, 5.41) is 0. The SMILES string of the molecule is Cc1[nH]cnc1CN(C)Cc1ccc(-c2cccnc2)c(F)c1. The molecular weight excluding hydrogens is 291 g/mol. The van der Waals surface area contributed by atoms with Crippen molar-refractivity contribution in [2.45, 2.75) is 20.0 Å². The second-order valence-electron chi connectivity index (χ2n) is 5.70. The van der Waals surface area contributed by atoms with Gasteiger partial charge in [0.05, 0.1) is 12.0 Å². The number of H-pyrrole nitrogens is 1. The van der Waals surface area contributed by atoms with Crippen molar-refractivity contribution in [2.75, 3.05) is 7.05 Å². The number of aromatic amines is 1. The molecule has 5 heteroatoms. The van der Waals surface area contributed by atoms with Gasteiger partial charge in [0.25, 0.3) is 0 Å². The maximum absolute atomic E-state index is 14.4. The molecule has 1 N–H and O–H groups in total. The lowest BCUT2D eigenvalue weighted by molar-refractivity contribution is 0.314. The molecule has 4 nitrogen and oxygen atoms in total. The van der Waals surface area contributed by atoms with E-state index in [0.29, 0.717) is 12.1 Å². The summed E-state index contributed by atoms with van der Waals surface area (Å²) in [7, 11) is 2.00. The Morgan fingerprint density at radius 1 is 1.22 bits per heavy atom. The van der Waals surface area contributed by atoms with Gasteiger partial charge in [-0.3, -0.25) is 9.88 Å². The van der Waals surface area contributed by atoms with E-state index >= 15 is 0 Å². The van der Waals surface area contributed by atoms with E-state index < -0.39 is 0 Å². The fraction of sp³-hybridized carbons (Fsp3) is 0.222. The van der Waals surface area contributed by atoms with Gasteiger partial charge in [-0.25, -0.2) is 9.37 Å². The van der Waals surface area contributed by atoms with Crippen LogP contribution in [0.2, 0.25) is 0 Å². The summed E-state index contributed by atoms with van der Waals surface area (Å²) in [6, 6.07) is 9.03. The Morgan fingerprint density at radius 2 is 2.09 bits per heavy atom.